The van der Waals surface area contributed by atoms with Crippen LogP contribution >= 0.6 is 0 Å². The van der Waals surface area contributed by atoms with E-state index in [4.69, 9.17) is 0 Å². The Balaban J connectivity index is 2.22. The standard InChI is InChI=1S/C21H28N2O4S/c1-3-12-22(13-4-2)18-19(24)16-10-6-7-11-17(16)20(25)21(18)28(26,27)23-14-8-5-9-15-23/h6-7,10-11H,3-5,8-9,12-15H2,1-2H3. The minimum absolute atomic E-state index is 0.0537. The maximum Gasteiger partial charge on any atom is 0.249 e. The molecule has 1 aliphatic carbocycles. The third-order valence-corrected chi connectivity index (χ3v) is 7.21. The van der Waals surface area contributed by atoms with Gasteiger partial charge in [-0.05, 0) is 25.7 Å². The van der Waals surface area contributed by atoms with Crippen LogP contribution in [-0.2, 0) is 10.0 Å². The Morgan fingerprint density at radius 3 is 1.96 bits per heavy atom. The van der Waals surface area contributed by atoms with E-state index in [1.54, 1.807) is 29.2 Å². The number of fused-ring (bicyclic) bond motifs is 1. The highest BCUT2D eigenvalue weighted by Crippen LogP contribution is 2.34. The minimum Gasteiger partial charge on any atom is -0.367 e. The topological polar surface area (TPSA) is 74.8 Å². The summed E-state index contributed by atoms with van der Waals surface area (Å²) in [5, 5.41) is 0. The quantitative estimate of drug-likeness (QED) is 0.698. The first-order valence-corrected chi connectivity index (χ1v) is 11.5. The van der Waals surface area contributed by atoms with E-state index in [-0.39, 0.29) is 27.5 Å². The van der Waals surface area contributed by atoms with E-state index in [9.17, 15) is 18.0 Å². The van der Waals surface area contributed by atoms with Crippen molar-refractivity contribution in [3.05, 3.63) is 46.0 Å². The summed E-state index contributed by atoms with van der Waals surface area (Å²) in [5.41, 5.74) is 0.523. The zero-order chi connectivity index (χ0) is 20.3. The fourth-order valence-corrected chi connectivity index (χ4v) is 5.78. The van der Waals surface area contributed by atoms with Crippen LogP contribution in [-0.4, -0.2) is 55.4 Å². The van der Waals surface area contributed by atoms with Gasteiger partial charge < -0.3 is 4.90 Å². The highest BCUT2D eigenvalue weighted by molar-refractivity contribution is 7.94. The molecule has 7 heteroatoms. The molecule has 0 radical (unpaired) electrons. The van der Waals surface area contributed by atoms with Gasteiger partial charge in [-0.3, -0.25) is 9.59 Å². The van der Waals surface area contributed by atoms with Gasteiger partial charge in [-0.1, -0.05) is 44.5 Å². The van der Waals surface area contributed by atoms with Crippen LogP contribution in [0.4, 0.5) is 0 Å². The summed E-state index contributed by atoms with van der Waals surface area (Å²) in [6.07, 6.45) is 4.03. The number of hydrogen-bond donors (Lipinski definition) is 0. The van der Waals surface area contributed by atoms with Gasteiger partial charge in [0.15, 0.2) is 4.91 Å². The zero-order valence-corrected chi connectivity index (χ0v) is 17.4. The Labute approximate surface area is 167 Å². The lowest BCUT2D eigenvalue weighted by atomic mass is 9.91. The van der Waals surface area contributed by atoms with Gasteiger partial charge in [-0.2, -0.15) is 4.31 Å². The third kappa shape index (κ3) is 3.65. The molecule has 1 aromatic carbocycles. The van der Waals surface area contributed by atoms with Crippen LogP contribution in [0.2, 0.25) is 0 Å². The molecule has 28 heavy (non-hydrogen) atoms. The SMILES string of the molecule is CCCN(CCC)C1=C(S(=O)(=O)N2CCCCC2)C(=O)c2ccccc2C1=O. The van der Waals surface area contributed by atoms with Crippen LogP contribution in [0.25, 0.3) is 0 Å². The van der Waals surface area contributed by atoms with E-state index in [0.717, 1.165) is 32.1 Å². The Morgan fingerprint density at radius 2 is 1.43 bits per heavy atom. The molecule has 1 heterocycles. The van der Waals surface area contributed by atoms with Crippen molar-refractivity contribution in [2.45, 2.75) is 46.0 Å². The van der Waals surface area contributed by atoms with Crippen LogP contribution in [0.15, 0.2) is 34.9 Å². The fourth-order valence-electron chi connectivity index (χ4n) is 3.98. The van der Waals surface area contributed by atoms with Crippen molar-refractivity contribution in [3.8, 4) is 0 Å². The summed E-state index contributed by atoms with van der Waals surface area (Å²) in [7, 11) is -4.04. The van der Waals surface area contributed by atoms with E-state index in [1.165, 1.54) is 4.31 Å². The second kappa shape index (κ2) is 8.57. The predicted octanol–water partition coefficient (Wildman–Crippen LogP) is 3.21. The average Bonchev–Trinajstić information content (AvgIpc) is 2.71. The Hall–Kier alpha value is -1.99. The largest absolute Gasteiger partial charge is 0.367 e. The van der Waals surface area contributed by atoms with Gasteiger partial charge in [0.2, 0.25) is 21.6 Å². The number of nitrogens with zero attached hydrogens (tertiary/aromatic N) is 2. The number of piperidine rings is 1. The molecule has 0 N–H and O–H groups in total. The molecule has 0 bridgehead atoms. The van der Waals surface area contributed by atoms with Gasteiger partial charge in [0.1, 0.15) is 5.70 Å². The van der Waals surface area contributed by atoms with Crippen LogP contribution in [0.5, 0.6) is 0 Å². The molecule has 6 nitrogen and oxygen atoms in total. The summed E-state index contributed by atoms with van der Waals surface area (Å²) in [4.78, 5) is 28.1. The summed E-state index contributed by atoms with van der Waals surface area (Å²) < 4.78 is 28.4. The van der Waals surface area contributed by atoms with Gasteiger partial charge in [0.05, 0.1) is 0 Å². The van der Waals surface area contributed by atoms with Crippen molar-refractivity contribution >= 4 is 21.6 Å². The van der Waals surface area contributed by atoms with Crippen molar-refractivity contribution < 1.29 is 18.0 Å². The monoisotopic (exact) mass is 404 g/mol. The molecule has 152 valence electrons. The number of sulfonamides is 1. The molecule has 2 aliphatic rings. The number of benzene rings is 1. The number of carbonyl (C=O) groups is 2. The molecule has 1 aliphatic heterocycles. The van der Waals surface area contributed by atoms with Crippen LogP contribution in [0.3, 0.4) is 0 Å². The molecule has 3 rings (SSSR count). The van der Waals surface area contributed by atoms with Crippen LogP contribution in [0, 0.1) is 0 Å². The van der Waals surface area contributed by atoms with Crippen molar-refractivity contribution in [3.63, 3.8) is 0 Å². The summed E-state index contributed by atoms with van der Waals surface area (Å²) in [5.74, 6) is -0.930. The molecule has 0 spiro atoms. The molecule has 0 saturated carbocycles. The molecular formula is C21H28N2O4S. The Morgan fingerprint density at radius 1 is 0.893 bits per heavy atom. The van der Waals surface area contributed by atoms with Gasteiger partial charge in [-0.25, -0.2) is 8.42 Å². The minimum atomic E-state index is -4.04. The molecule has 0 atom stereocenters. The summed E-state index contributed by atoms with van der Waals surface area (Å²) in [6, 6.07) is 6.52. The van der Waals surface area contributed by atoms with Crippen molar-refractivity contribution in [2.24, 2.45) is 0 Å². The average molecular weight is 405 g/mol. The first kappa shape index (κ1) is 20.7. The smallest absolute Gasteiger partial charge is 0.249 e. The molecule has 0 aromatic heterocycles. The Kier molecular flexibility index (Phi) is 6.35. The van der Waals surface area contributed by atoms with Crippen LogP contribution in [0.1, 0.15) is 66.7 Å². The molecule has 0 amide bonds. The highest BCUT2D eigenvalue weighted by Gasteiger charge is 2.43. The van der Waals surface area contributed by atoms with Crippen LogP contribution < -0.4 is 0 Å². The highest BCUT2D eigenvalue weighted by atomic mass is 32.2. The van der Waals surface area contributed by atoms with E-state index in [2.05, 4.69) is 0 Å². The maximum absolute atomic E-state index is 13.5. The molecular weight excluding hydrogens is 376 g/mol. The first-order valence-electron chi connectivity index (χ1n) is 10.1. The molecule has 0 unspecified atom stereocenters. The van der Waals surface area contributed by atoms with Crippen molar-refractivity contribution in [1.29, 1.82) is 0 Å². The van der Waals surface area contributed by atoms with E-state index in [0.29, 0.717) is 26.2 Å². The lowest BCUT2D eigenvalue weighted by Gasteiger charge is -2.33. The van der Waals surface area contributed by atoms with Gasteiger partial charge in [-0.15, -0.1) is 0 Å². The Bertz CT molecular complexity index is 893. The lowest BCUT2D eigenvalue weighted by Crippen LogP contribution is -2.43. The second-order valence-corrected chi connectivity index (χ2v) is 9.21. The third-order valence-electron chi connectivity index (χ3n) is 5.27. The number of allylic oxidation sites excluding steroid dienone is 2. The maximum atomic E-state index is 13.5. The zero-order valence-electron chi connectivity index (χ0n) is 16.6. The summed E-state index contributed by atoms with van der Waals surface area (Å²) in [6.45, 7) is 5.80. The molecule has 1 saturated heterocycles. The van der Waals surface area contributed by atoms with Gasteiger partial charge in [0.25, 0.3) is 0 Å². The van der Waals surface area contributed by atoms with Crippen molar-refractivity contribution in [1.82, 2.24) is 9.21 Å². The normalized spacial score (nSPS) is 18.4. The fraction of sp³-hybridized carbons (Fsp3) is 0.524. The van der Waals surface area contributed by atoms with E-state index >= 15 is 0 Å². The predicted molar refractivity (Wildman–Crippen MR) is 109 cm³/mol. The van der Waals surface area contributed by atoms with E-state index < -0.39 is 15.8 Å². The summed E-state index contributed by atoms with van der Waals surface area (Å²) >= 11 is 0. The molecule has 1 fully saturated rings. The number of hydrogen-bond acceptors (Lipinski definition) is 5. The van der Waals surface area contributed by atoms with Gasteiger partial charge >= 0.3 is 0 Å². The number of ketones is 2. The number of rotatable bonds is 7. The van der Waals surface area contributed by atoms with Crippen molar-refractivity contribution in [2.75, 3.05) is 26.2 Å². The van der Waals surface area contributed by atoms with Gasteiger partial charge in [0, 0.05) is 37.3 Å². The van der Waals surface area contributed by atoms with E-state index in [1.807, 2.05) is 13.8 Å². The molecule has 1 aromatic rings. The second-order valence-electron chi connectivity index (χ2n) is 7.33. The first-order chi connectivity index (χ1) is 13.4. The number of Topliss-reactive ketones (excluding diaryl/α,β-unsaturated/α-hetero) is 2. The lowest BCUT2D eigenvalue weighted by molar-refractivity contribution is 0.0945. The number of carbonyl (C=O) groups excluding carboxylic acids is 2.